The molecule has 0 fully saturated rings. The first-order chi connectivity index (χ1) is 11.3. The Morgan fingerprint density at radius 1 is 0.913 bits per heavy atom. The van der Waals surface area contributed by atoms with Gasteiger partial charge in [0.05, 0.1) is 12.2 Å². The highest BCUT2D eigenvalue weighted by molar-refractivity contribution is 5.90. The molecular formula is C19H22O4. The summed E-state index contributed by atoms with van der Waals surface area (Å²) >= 11 is 0. The standard InChI is InChI=1S/C19H22O4/c1-2-3-12-21-13-14-22-23-19(20)18-11-7-10-17(15-18)16-8-5-4-6-9-16/h4-11,15H,2-3,12-14H2,1H3. The third-order valence-corrected chi connectivity index (χ3v) is 3.29. The number of unbranched alkanes of at least 4 members (excludes halogenated alkanes) is 1. The van der Waals surface area contributed by atoms with Crippen LogP contribution in [0.25, 0.3) is 11.1 Å². The van der Waals surface area contributed by atoms with Gasteiger partial charge in [-0.15, -0.1) is 0 Å². The maximum absolute atomic E-state index is 12.0. The fraction of sp³-hybridized carbons (Fsp3) is 0.316. The van der Waals surface area contributed by atoms with Gasteiger partial charge in [-0.05, 0) is 29.7 Å². The van der Waals surface area contributed by atoms with Crippen LogP contribution in [-0.4, -0.2) is 25.8 Å². The Labute approximate surface area is 136 Å². The minimum Gasteiger partial charge on any atom is -0.379 e. The topological polar surface area (TPSA) is 44.8 Å². The van der Waals surface area contributed by atoms with E-state index in [1.165, 1.54) is 0 Å². The van der Waals surface area contributed by atoms with Gasteiger partial charge in [-0.1, -0.05) is 55.8 Å². The van der Waals surface area contributed by atoms with Gasteiger partial charge in [0.1, 0.15) is 6.61 Å². The minimum atomic E-state index is -0.503. The zero-order chi connectivity index (χ0) is 16.3. The quantitative estimate of drug-likeness (QED) is 0.394. The van der Waals surface area contributed by atoms with Crippen LogP contribution in [0.15, 0.2) is 54.6 Å². The molecule has 0 aliphatic heterocycles. The van der Waals surface area contributed by atoms with E-state index < -0.39 is 5.97 Å². The summed E-state index contributed by atoms with van der Waals surface area (Å²) in [5.41, 5.74) is 2.47. The predicted octanol–water partition coefficient (Wildman–Crippen LogP) is 4.26. The summed E-state index contributed by atoms with van der Waals surface area (Å²) in [7, 11) is 0. The molecule has 0 aliphatic rings. The molecule has 2 rings (SSSR count). The molecule has 122 valence electrons. The summed E-state index contributed by atoms with van der Waals surface area (Å²) in [5, 5.41) is 0. The SMILES string of the molecule is CCCCOCCOOC(=O)c1cccc(-c2ccccc2)c1. The third-order valence-electron chi connectivity index (χ3n) is 3.29. The highest BCUT2D eigenvalue weighted by Gasteiger charge is 2.09. The van der Waals surface area contributed by atoms with E-state index in [1.807, 2.05) is 42.5 Å². The van der Waals surface area contributed by atoms with E-state index in [0.717, 1.165) is 24.0 Å². The van der Waals surface area contributed by atoms with Crippen LogP contribution in [0.4, 0.5) is 0 Å². The molecule has 2 aromatic carbocycles. The molecule has 0 amide bonds. The van der Waals surface area contributed by atoms with Crippen LogP contribution in [0, 0.1) is 0 Å². The zero-order valence-electron chi connectivity index (χ0n) is 13.4. The number of hydrogen-bond donors (Lipinski definition) is 0. The molecule has 0 aromatic heterocycles. The molecule has 0 radical (unpaired) electrons. The molecule has 0 saturated heterocycles. The minimum absolute atomic E-state index is 0.230. The van der Waals surface area contributed by atoms with Crippen molar-refractivity contribution in [3.8, 4) is 11.1 Å². The van der Waals surface area contributed by atoms with Crippen molar-refractivity contribution in [2.75, 3.05) is 19.8 Å². The lowest BCUT2D eigenvalue weighted by molar-refractivity contribution is -0.247. The van der Waals surface area contributed by atoms with Crippen molar-refractivity contribution in [3.63, 3.8) is 0 Å². The van der Waals surface area contributed by atoms with Crippen molar-refractivity contribution in [2.24, 2.45) is 0 Å². The average molecular weight is 314 g/mol. The smallest absolute Gasteiger partial charge is 0.373 e. The van der Waals surface area contributed by atoms with E-state index in [1.54, 1.807) is 12.1 Å². The van der Waals surface area contributed by atoms with Gasteiger partial charge in [0.25, 0.3) is 0 Å². The Hall–Kier alpha value is -2.17. The molecule has 0 heterocycles. The molecule has 0 bridgehead atoms. The Morgan fingerprint density at radius 2 is 1.70 bits per heavy atom. The number of hydrogen-bond acceptors (Lipinski definition) is 4. The lowest BCUT2D eigenvalue weighted by Gasteiger charge is -2.06. The molecule has 0 atom stereocenters. The maximum atomic E-state index is 12.0. The monoisotopic (exact) mass is 314 g/mol. The molecule has 0 unspecified atom stereocenters. The third kappa shape index (κ3) is 5.85. The van der Waals surface area contributed by atoms with Crippen molar-refractivity contribution in [3.05, 3.63) is 60.2 Å². The molecular weight excluding hydrogens is 292 g/mol. The molecule has 23 heavy (non-hydrogen) atoms. The van der Waals surface area contributed by atoms with Gasteiger partial charge in [0, 0.05) is 6.61 Å². The molecule has 2 aromatic rings. The van der Waals surface area contributed by atoms with Crippen LogP contribution in [0.3, 0.4) is 0 Å². The van der Waals surface area contributed by atoms with Crippen LogP contribution >= 0.6 is 0 Å². The lowest BCUT2D eigenvalue weighted by Crippen LogP contribution is -2.10. The lowest BCUT2D eigenvalue weighted by atomic mass is 10.0. The van der Waals surface area contributed by atoms with Crippen molar-refractivity contribution in [1.82, 2.24) is 0 Å². The second-order valence-corrected chi connectivity index (χ2v) is 5.11. The summed E-state index contributed by atoms with van der Waals surface area (Å²) in [4.78, 5) is 21.7. The van der Waals surface area contributed by atoms with Crippen LogP contribution < -0.4 is 0 Å². The van der Waals surface area contributed by atoms with Crippen molar-refractivity contribution >= 4 is 5.97 Å². The van der Waals surface area contributed by atoms with Crippen LogP contribution in [0.5, 0.6) is 0 Å². The van der Waals surface area contributed by atoms with Gasteiger partial charge in [0.15, 0.2) is 0 Å². The summed E-state index contributed by atoms with van der Waals surface area (Å²) in [6, 6.07) is 17.1. The molecule has 4 heteroatoms. The first kappa shape index (κ1) is 17.2. The Morgan fingerprint density at radius 3 is 2.48 bits per heavy atom. The molecule has 0 N–H and O–H groups in total. The largest absolute Gasteiger partial charge is 0.379 e. The second kappa shape index (κ2) is 9.77. The normalized spacial score (nSPS) is 10.5. The molecule has 0 spiro atoms. The van der Waals surface area contributed by atoms with Gasteiger partial charge < -0.3 is 4.74 Å². The summed E-state index contributed by atoms with van der Waals surface area (Å²) in [6.45, 7) is 3.45. The second-order valence-electron chi connectivity index (χ2n) is 5.11. The number of rotatable bonds is 9. The van der Waals surface area contributed by atoms with E-state index >= 15 is 0 Å². The number of carbonyl (C=O) groups is 1. The number of benzene rings is 2. The molecule has 4 nitrogen and oxygen atoms in total. The average Bonchev–Trinajstić information content (AvgIpc) is 2.61. The Kier molecular flexibility index (Phi) is 7.30. The highest BCUT2D eigenvalue weighted by Crippen LogP contribution is 2.20. The summed E-state index contributed by atoms with van der Waals surface area (Å²) < 4.78 is 5.32. The summed E-state index contributed by atoms with van der Waals surface area (Å²) in [6.07, 6.45) is 2.11. The van der Waals surface area contributed by atoms with E-state index in [0.29, 0.717) is 18.8 Å². The number of carbonyl (C=O) groups excluding carboxylic acids is 1. The van der Waals surface area contributed by atoms with Crippen LogP contribution in [0.1, 0.15) is 30.1 Å². The summed E-state index contributed by atoms with van der Waals surface area (Å²) in [5.74, 6) is -0.503. The van der Waals surface area contributed by atoms with Crippen LogP contribution in [-0.2, 0) is 14.5 Å². The fourth-order valence-electron chi connectivity index (χ4n) is 2.04. The van der Waals surface area contributed by atoms with Crippen molar-refractivity contribution < 1.29 is 19.3 Å². The van der Waals surface area contributed by atoms with Crippen molar-refractivity contribution in [2.45, 2.75) is 19.8 Å². The fourth-order valence-corrected chi connectivity index (χ4v) is 2.04. The Bertz CT molecular complexity index is 595. The van der Waals surface area contributed by atoms with E-state index in [4.69, 9.17) is 14.5 Å². The van der Waals surface area contributed by atoms with Gasteiger partial charge in [-0.25, -0.2) is 4.79 Å². The zero-order valence-corrected chi connectivity index (χ0v) is 13.4. The van der Waals surface area contributed by atoms with Gasteiger partial charge in [-0.2, -0.15) is 4.89 Å². The number of ether oxygens (including phenoxy) is 1. The van der Waals surface area contributed by atoms with Gasteiger partial charge in [0.2, 0.25) is 0 Å². The van der Waals surface area contributed by atoms with E-state index in [-0.39, 0.29) is 6.61 Å². The maximum Gasteiger partial charge on any atom is 0.373 e. The Balaban J connectivity index is 1.81. The van der Waals surface area contributed by atoms with Gasteiger partial charge in [-0.3, -0.25) is 4.89 Å². The molecule has 0 saturated carbocycles. The van der Waals surface area contributed by atoms with E-state index in [9.17, 15) is 4.79 Å². The first-order valence-electron chi connectivity index (χ1n) is 7.88. The van der Waals surface area contributed by atoms with Gasteiger partial charge >= 0.3 is 5.97 Å². The van der Waals surface area contributed by atoms with Crippen molar-refractivity contribution in [1.29, 1.82) is 0 Å². The molecule has 0 aliphatic carbocycles. The first-order valence-corrected chi connectivity index (χ1v) is 7.88. The van der Waals surface area contributed by atoms with Crippen LogP contribution in [0.2, 0.25) is 0 Å². The predicted molar refractivity (Wildman–Crippen MR) is 89.0 cm³/mol. The van der Waals surface area contributed by atoms with E-state index in [2.05, 4.69) is 6.92 Å². The highest BCUT2D eigenvalue weighted by atomic mass is 17.2.